The van der Waals surface area contributed by atoms with Gasteiger partial charge in [-0.25, -0.2) is 0 Å². The molecule has 3 fully saturated rings. The molecular weight excluding hydrogens is 300 g/mol. The van der Waals surface area contributed by atoms with Crippen molar-refractivity contribution < 1.29 is 9.94 Å². The number of aliphatic hydroxyl groups is 1. The Morgan fingerprint density at radius 2 is 1.92 bits per heavy atom. The highest BCUT2D eigenvalue weighted by molar-refractivity contribution is 5.56. The number of nitrogens with two attached hydrogens (primary N) is 1. The lowest BCUT2D eigenvalue weighted by Gasteiger charge is -2.43. The normalized spacial score (nSPS) is 40.8. The van der Waals surface area contributed by atoms with Crippen LogP contribution in [0.15, 0.2) is 5.16 Å². The second-order valence-corrected chi connectivity index (χ2v) is 8.56. The Labute approximate surface area is 147 Å². The molecule has 0 aliphatic heterocycles. The van der Waals surface area contributed by atoms with E-state index < -0.39 is 0 Å². The van der Waals surface area contributed by atoms with Crippen molar-refractivity contribution in [2.24, 2.45) is 46.4 Å². The second-order valence-electron chi connectivity index (χ2n) is 8.56. The van der Waals surface area contributed by atoms with Gasteiger partial charge in [0, 0.05) is 12.8 Å². The quantitative estimate of drug-likeness (QED) is 0.442. The highest BCUT2D eigenvalue weighted by atomic mass is 16.6. The number of fused-ring (bicyclic) bond motifs is 1. The fourth-order valence-corrected chi connectivity index (χ4v) is 6.11. The molecule has 0 aromatic heterocycles. The first kappa shape index (κ1) is 18.2. The average Bonchev–Trinajstić information content (AvgIpc) is 2.92. The molecule has 6 atom stereocenters. The van der Waals surface area contributed by atoms with E-state index in [2.05, 4.69) is 12.1 Å². The van der Waals surface area contributed by atoms with Crippen molar-refractivity contribution in [2.45, 2.75) is 70.8 Å². The van der Waals surface area contributed by atoms with Gasteiger partial charge in [-0.2, -0.15) is 0 Å². The Balaban J connectivity index is 1.57. The number of aliphatic hydroxyl groups excluding tert-OH is 1. The lowest BCUT2D eigenvalue weighted by Crippen LogP contribution is -2.37. The molecule has 3 saturated carbocycles. The predicted molar refractivity (Wildman–Crippen MR) is 97.7 cm³/mol. The van der Waals surface area contributed by atoms with Crippen molar-refractivity contribution in [3.8, 4) is 0 Å². The molecule has 3 aliphatic carbocycles. The van der Waals surface area contributed by atoms with Gasteiger partial charge < -0.3 is 15.7 Å². The Morgan fingerprint density at radius 1 is 1.12 bits per heavy atom. The van der Waals surface area contributed by atoms with E-state index in [0.29, 0.717) is 30.9 Å². The first-order valence-corrected chi connectivity index (χ1v) is 10.2. The van der Waals surface area contributed by atoms with E-state index in [1.165, 1.54) is 44.9 Å². The third-order valence-electron chi connectivity index (χ3n) is 7.07. The molecule has 138 valence electrons. The van der Waals surface area contributed by atoms with Crippen LogP contribution in [0.1, 0.15) is 64.7 Å². The van der Waals surface area contributed by atoms with E-state index >= 15 is 0 Å². The van der Waals surface area contributed by atoms with Crippen LogP contribution in [0.25, 0.3) is 0 Å². The topological polar surface area (TPSA) is 67.8 Å². The van der Waals surface area contributed by atoms with Gasteiger partial charge in [0.2, 0.25) is 0 Å². The molecule has 3 rings (SSSR count). The molecule has 24 heavy (non-hydrogen) atoms. The zero-order valence-corrected chi connectivity index (χ0v) is 15.3. The van der Waals surface area contributed by atoms with E-state index in [9.17, 15) is 5.11 Å². The highest BCUT2D eigenvalue weighted by Crippen LogP contribution is 2.53. The van der Waals surface area contributed by atoms with Gasteiger partial charge in [0.15, 0.2) is 0 Å². The van der Waals surface area contributed by atoms with Gasteiger partial charge in [0.05, 0.1) is 6.10 Å². The van der Waals surface area contributed by atoms with Crippen LogP contribution >= 0.6 is 0 Å². The predicted octanol–water partition coefficient (Wildman–Crippen LogP) is 3.58. The van der Waals surface area contributed by atoms with Crippen LogP contribution in [-0.2, 0) is 4.84 Å². The Hall–Kier alpha value is -0.610. The minimum atomic E-state index is -0.104. The van der Waals surface area contributed by atoms with Gasteiger partial charge in [0.1, 0.15) is 6.61 Å². The monoisotopic (exact) mass is 336 g/mol. The van der Waals surface area contributed by atoms with Crippen LogP contribution in [0.4, 0.5) is 0 Å². The summed E-state index contributed by atoms with van der Waals surface area (Å²) in [7, 11) is 0. The molecule has 0 spiro atoms. The molecule has 0 aromatic rings. The minimum Gasteiger partial charge on any atom is -0.395 e. The summed E-state index contributed by atoms with van der Waals surface area (Å²) in [5, 5.41) is 14.7. The molecule has 0 bridgehead atoms. The summed E-state index contributed by atoms with van der Waals surface area (Å²) >= 11 is 0. The number of oxime groups is 1. The summed E-state index contributed by atoms with van der Waals surface area (Å²) in [6.07, 6.45) is 13.4. The molecule has 0 amide bonds. The molecule has 2 unspecified atom stereocenters. The van der Waals surface area contributed by atoms with Crippen molar-refractivity contribution in [3.63, 3.8) is 0 Å². The summed E-state index contributed by atoms with van der Waals surface area (Å²) in [4.78, 5) is 5.11. The zero-order valence-electron chi connectivity index (χ0n) is 15.3. The third kappa shape index (κ3) is 4.13. The largest absolute Gasteiger partial charge is 0.395 e. The Bertz CT molecular complexity index is 408. The maximum absolute atomic E-state index is 10.7. The maximum atomic E-state index is 10.7. The van der Waals surface area contributed by atoms with Gasteiger partial charge in [-0.3, -0.25) is 0 Å². The first-order chi connectivity index (χ1) is 11.7. The molecule has 3 aliphatic rings. The molecule has 4 heteroatoms. The molecule has 0 radical (unpaired) electrons. The number of hydrogen-bond acceptors (Lipinski definition) is 4. The third-order valence-corrected chi connectivity index (χ3v) is 7.07. The van der Waals surface area contributed by atoms with Gasteiger partial charge in [-0.1, -0.05) is 44.2 Å². The molecule has 0 saturated heterocycles. The Kier molecular flexibility index (Phi) is 6.56. The smallest absolute Gasteiger partial charge is 0.129 e. The highest BCUT2D eigenvalue weighted by Gasteiger charge is 2.49. The summed E-state index contributed by atoms with van der Waals surface area (Å²) < 4.78 is 0. The summed E-state index contributed by atoms with van der Waals surface area (Å²) in [6.45, 7) is 3.42. The van der Waals surface area contributed by atoms with E-state index in [0.717, 1.165) is 30.6 Å². The molecule has 4 nitrogen and oxygen atoms in total. The standard InChI is InChI=1S/C20H36N2O2/c1-14-11-17(15-5-3-2-4-6-15)12-18-19(23)13-16(20(14)18)7-9-22-24-10-8-21/h9,14-20,23H,2-8,10-13,21H2,1H3/b22-9+/t14?,16-,17-,18+,19?,20+/m0/s1. The molecule has 0 aromatic carbocycles. The van der Waals surface area contributed by atoms with Crippen molar-refractivity contribution in [1.29, 1.82) is 0 Å². The van der Waals surface area contributed by atoms with Crippen LogP contribution in [-0.4, -0.2) is 30.6 Å². The second kappa shape index (κ2) is 8.66. The summed E-state index contributed by atoms with van der Waals surface area (Å²) in [5.41, 5.74) is 5.40. The fraction of sp³-hybridized carbons (Fsp3) is 0.950. The first-order valence-electron chi connectivity index (χ1n) is 10.2. The van der Waals surface area contributed by atoms with Gasteiger partial charge in [0.25, 0.3) is 0 Å². The number of hydrogen-bond donors (Lipinski definition) is 2. The van der Waals surface area contributed by atoms with Crippen LogP contribution in [0, 0.1) is 35.5 Å². The van der Waals surface area contributed by atoms with Gasteiger partial charge in [-0.05, 0) is 61.2 Å². The molecule has 3 N–H and O–H groups in total. The number of nitrogens with zero attached hydrogens (tertiary/aromatic N) is 1. The summed E-state index contributed by atoms with van der Waals surface area (Å²) in [6, 6.07) is 0. The SMILES string of the molecule is CC1C[C@H](C2CCCCC2)C[C@@H]2C(O)C[C@H](C/C=N/OCCN)[C@@H]12. The lowest BCUT2D eigenvalue weighted by molar-refractivity contribution is 0.0233. The van der Waals surface area contributed by atoms with Crippen LogP contribution in [0.2, 0.25) is 0 Å². The Morgan fingerprint density at radius 3 is 2.67 bits per heavy atom. The number of rotatable bonds is 6. The fourth-order valence-electron chi connectivity index (χ4n) is 6.11. The van der Waals surface area contributed by atoms with Crippen LogP contribution in [0.5, 0.6) is 0 Å². The summed E-state index contributed by atoms with van der Waals surface area (Å²) in [5.74, 6) is 4.27. The van der Waals surface area contributed by atoms with Gasteiger partial charge in [-0.15, -0.1) is 0 Å². The van der Waals surface area contributed by atoms with Crippen molar-refractivity contribution in [1.82, 2.24) is 0 Å². The van der Waals surface area contributed by atoms with E-state index in [1.807, 2.05) is 6.21 Å². The maximum Gasteiger partial charge on any atom is 0.129 e. The van der Waals surface area contributed by atoms with Crippen molar-refractivity contribution in [3.05, 3.63) is 0 Å². The van der Waals surface area contributed by atoms with E-state index in [1.54, 1.807) is 0 Å². The van der Waals surface area contributed by atoms with Crippen LogP contribution in [0.3, 0.4) is 0 Å². The minimum absolute atomic E-state index is 0.104. The zero-order chi connectivity index (χ0) is 16.9. The average molecular weight is 337 g/mol. The van der Waals surface area contributed by atoms with E-state index in [4.69, 9.17) is 10.6 Å². The molecular formula is C20H36N2O2. The lowest BCUT2D eigenvalue weighted by atomic mass is 9.62. The molecule has 0 heterocycles. The van der Waals surface area contributed by atoms with Crippen LogP contribution < -0.4 is 5.73 Å². The van der Waals surface area contributed by atoms with E-state index in [-0.39, 0.29) is 6.10 Å². The van der Waals surface area contributed by atoms with Crippen molar-refractivity contribution >= 4 is 6.21 Å². The van der Waals surface area contributed by atoms with Gasteiger partial charge >= 0.3 is 0 Å². The van der Waals surface area contributed by atoms with Crippen molar-refractivity contribution in [2.75, 3.05) is 13.2 Å².